The van der Waals surface area contributed by atoms with E-state index in [1.54, 1.807) is 0 Å². The Labute approximate surface area is 129 Å². The Bertz CT molecular complexity index is 682. The molecule has 1 heterocycles. The van der Waals surface area contributed by atoms with E-state index in [2.05, 4.69) is 50.1 Å². The molecule has 21 heavy (non-hydrogen) atoms. The van der Waals surface area contributed by atoms with Gasteiger partial charge >= 0.3 is 0 Å². The second-order valence-electron chi connectivity index (χ2n) is 6.12. The van der Waals surface area contributed by atoms with Crippen LogP contribution in [0.1, 0.15) is 30.0 Å². The number of carbonyl (C=O) groups excluding carboxylic acids is 1. The molecule has 2 atom stereocenters. The highest BCUT2D eigenvalue weighted by Crippen LogP contribution is 2.39. The fourth-order valence-electron chi connectivity index (χ4n) is 2.92. The maximum atomic E-state index is 12.0. The summed E-state index contributed by atoms with van der Waals surface area (Å²) < 4.78 is 0. The predicted octanol–water partition coefficient (Wildman–Crippen LogP) is 4.33. The monoisotopic (exact) mass is 300 g/mol. The third kappa shape index (κ3) is 2.86. The molecule has 0 aliphatic heterocycles. The van der Waals surface area contributed by atoms with Crippen LogP contribution in [0.15, 0.2) is 17.5 Å². The van der Waals surface area contributed by atoms with Gasteiger partial charge < -0.3 is 5.32 Å². The molecule has 3 rings (SSSR count). The van der Waals surface area contributed by atoms with Gasteiger partial charge in [-0.1, -0.05) is 24.6 Å². The molecule has 0 spiro atoms. The van der Waals surface area contributed by atoms with E-state index in [0.717, 1.165) is 12.1 Å². The van der Waals surface area contributed by atoms with Crippen LogP contribution in [-0.2, 0) is 4.79 Å². The van der Waals surface area contributed by atoms with Crippen molar-refractivity contribution in [3.63, 3.8) is 0 Å². The highest BCUT2D eigenvalue weighted by Gasteiger charge is 2.39. The van der Waals surface area contributed by atoms with Crippen LogP contribution in [0.4, 0.5) is 5.13 Å². The SMILES string of the molecule is Cc1cc(C)c(-c2csc(NC(=O)[C@H]3C[C@H]3C)n2)c(C)c1. The van der Waals surface area contributed by atoms with Crippen LogP contribution >= 0.6 is 11.3 Å². The van der Waals surface area contributed by atoms with Crippen molar-refractivity contribution in [2.24, 2.45) is 11.8 Å². The minimum Gasteiger partial charge on any atom is -0.302 e. The minimum absolute atomic E-state index is 0.112. The Morgan fingerprint density at radius 3 is 2.48 bits per heavy atom. The van der Waals surface area contributed by atoms with E-state index >= 15 is 0 Å². The van der Waals surface area contributed by atoms with E-state index < -0.39 is 0 Å². The van der Waals surface area contributed by atoms with E-state index in [9.17, 15) is 4.79 Å². The second-order valence-corrected chi connectivity index (χ2v) is 6.98. The Morgan fingerprint density at radius 1 is 1.29 bits per heavy atom. The first-order valence-electron chi connectivity index (χ1n) is 7.30. The molecule has 1 N–H and O–H groups in total. The standard InChI is InChI=1S/C17H20N2OS/c1-9-5-11(3)15(12(4)6-9)14-8-21-17(18-14)19-16(20)13-7-10(13)2/h5-6,8,10,13H,7H2,1-4H3,(H,18,19,20)/t10-,13+/m1/s1. The molecule has 4 heteroatoms. The zero-order valence-corrected chi connectivity index (χ0v) is 13.7. The molecule has 1 aromatic carbocycles. The van der Waals surface area contributed by atoms with Gasteiger partial charge in [0.05, 0.1) is 5.69 Å². The van der Waals surface area contributed by atoms with Crippen LogP contribution in [0.2, 0.25) is 0 Å². The average molecular weight is 300 g/mol. The molecular formula is C17H20N2OS. The van der Waals surface area contributed by atoms with Crippen LogP contribution in [0.5, 0.6) is 0 Å². The Balaban J connectivity index is 1.83. The van der Waals surface area contributed by atoms with Crippen LogP contribution in [-0.4, -0.2) is 10.9 Å². The predicted molar refractivity (Wildman–Crippen MR) is 87.7 cm³/mol. The first kappa shape index (κ1) is 14.3. The third-order valence-electron chi connectivity index (χ3n) is 4.11. The quantitative estimate of drug-likeness (QED) is 0.916. The molecule has 0 unspecified atom stereocenters. The molecule has 1 saturated carbocycles. The van der Waals surface area contributed by atoms with Crippen molar-refractivity contribution in [3.8, 4) is 11.3 Å². The minimum atomic E-state index is 0.112. The topological polar surface area (TPSA) is 42.0 Å². The summed E-state index contributed by atoms with van der Waals surface area (Å²) >= 11 is 1.50. The number of aryl methyl sites for hydroxylation is 3. The lowest BCUT2D eigenvalue weighted by molar-refractivity contribution is -0.117. The Morgan fingerprint density at radius 2 is 1.90 bits per heavy atom. The molecule has 2 aromatic rings. The maximum absolute atomic E-state index is 12.0. The number of amides is 1. The maximum Gasteiger partial charge on any atom is 0.229 e. The third-order valence-corrected chi connectivity index (χ3v) is 4.87. The van der Waals surface area contributed by atoms with Gasteiger partial charge in [0.15, 0.2) is 5.13 Å². The van der Waals surface area contributed by atoms with Gasteiger partial charge in [0, 0.05) is 16.9 Å². The number of hydrogen-bond acceptors (Lipinski definition) is 3. The van der Waals surface area contributed by atoms with Gasteiger partial charge in [0.25, 0.3) is 0 Å². The molecule has 1 aromatic heterocycles. The van der Waals surface area contributed by atoms with Crippen molar-refractivity contribution in [1.29, 1.82) is 0 Å². The summed E-state index contributed by atoms with van der Waals surface area (Å²) in [5.74, 6) is 0.812. The lowest BCUT2D eigenvalue weighted by atomic mass is 9.98. The van der Waals surface area contributed by atoms with Crippen LogP contribution in [0.3, 0.4) is 0 Å². The molecule has 1 aliphatic carbocycles. The summed E-state index contributed by atoms with van der Waals surface area (Å²) in [5, 5.41) is 5.67. The molecule has 0 bridgehead atoms. The number of benzene rings is 1. The molecule has 0 saturated heterocycles. The lowest BCUT2D eigenvalue weighted by Gasteiger charge is -2.08. The molecule has 1 aliphatic rings. The summed E-state index contributed by atoms with van der Waals surface area (Å²) in [6.07, 6.45) is 1.00. The summed E-state index contributed by atoms with van der Waals surface area (Å²) in [7, 11) is 0. The lowest BCUT2D eigenvalue weighted by Crippen LogP contribution is -2.14. The summed E-state index contributed by atoms with van der Waals surface area (Å²) in [6.45, 7) is 8.43. The van der Waals surface area contributed by atoms with Crippen molar-refractivity contribution in [2.75, 3.05) is 5.32 Å². The van der Waals surface area contributed by atoms with Crippen molar-refractivity contribution >= 4 is 22.4 Å². The van der Waals surface area contributed by atoms with Crippen molar-refractivity contribution in [3.05, 3.63) is 34.2 Å². The van der Waals surface area contributed by atoms with E-state index in [1.165, 1.54) is 33.6 Å². The number of thiazole rings is 1. The summed E-state index contributed by atoms with van der Waals surface area (Å²) in [6, 6.07) is 4.34. The van der Waals surface area contributed by atoms with E-state index in [4.69, 9.17) is 0 Å². The fourth-order valence-corrected chi connectivity index (χ4v) is 3.62. The van der Waals surface area contributed by atoms with Gasteiger partial charge in [-0.05, 0) is 44.2 Å². The van der Waals surface area contributed by atoms with Crippen molar-refractivity contribution < 1.29 is 4.79 Å². The van der Waals surface area contributed by atoms with Crippen molar-refractivity contribution in [2.45, 2.75) is 34.1 Å². The number of hydrogen-bond donors (Lipinski definition) is 1. The molecule has 1 amide bonds. The largest absolute Gasteiger partial charge is 0.302 e. The molecular weight excluding hydrogens is 280 g/mol. The Kier molecular flexibility index (Phi) is 3.57. The molecule has 1 fully saturated rings. The zero-order valence-electron chi connectivity index (χ0n) is 12.9. The number of nitrogens with one attached hydrogen (secondary N) is 1. The smallest absolute Gasteiger partial charge is 0.229 e. The Hall–Kier alpha value is -1.68. The van der Waals surface area contributed by atoms with E-state index in [0.29, 0.717) is 11.0 Å². The number of anilines is 1. The highest BCUT2D eigenvalue weighted by atomic mass is 32.1. The normalized spacial score (nSPS) is 20.4. The first-order valence-corrected chi connectivity index (χ1v) is 8.18. The van der Waals surface area contributed by atoms with Gasteiger partial charge in [-0.2, -0.15) is 0 Å². The van der Waals surface area contributed by atoms with Gasteiger partial charge in [-0.15, -0.1) is 11.3 Å². The molecule has 3 nitrogen and oxygen atoms in total. The number of rotatable bonds is 3. The van der Waals surface area contributed by atoms with Crippen LogP contribution < -0.4 is 5.32 Å². The van der Waals surface area contributed by atoms with Crippen molar-refractivity contribution in [1.82, 2.24) is 4.98 Å². The molecule has 0 radical (unpaired) electrons. The zero-order chi connectivity index (χ0) is 15.1. The van der Waals surface area contributed by atoms with Crippen LogP contribution in [0, 0.1) is 32.6 Å². The van der Waals surface area contributed by atoms with E-state index in [1.807, 2.05) is 5.38 Å². The second kappa shape index (κ2) is 5.26. The van der Waals surface area contributed by atoms with Gasteiger partial charge in [-0.3, -0.25) is 4.79 Å². The first-order chi connectivity index (χ1) is 9.95. The molecule has 110 valence electrons. The van der Waals surface area contributed by atoms with Gasteiger partial charge in [0.2, 0.25) is 5.91 Å². The fraction of sp³-hybridized carbons (Fsp3) is 0.412. The number of aromatic nitrogens is 1. The summed E-state index contributed by atoms with van der Waals surface area (Å²) in [5.41, 5.74) is 5.85. The van der Waals surface area contributed by atoms with Crippen LogP contribution in [0.25, 0.3) is 11.3 Å². The summed E-state index contributed by atoms with van der Waals surface area (Å²) in [4.78, 5) is 16.6. The number of nitrogens with zero attached hydrogens (tertiary/aromatic N) is 1. The number of carbonyl (C=O) groups is 1. The van der Waals surface area contributed by atoms with Gasteiger partial charge in [-0.25, -0.2) is 4.98 Å². The average Bonchev–Trinajstić information content (AvgIpc) is 2.94. The highest BCUT2D eigenvalue weighted by molar-refractivity contribution is 7.14. The van der Waals surface area contributed by atoms with Gasteiger partial charge in [0.1, 0.15) is 0 Å². The van der Waals surface area contributed by atoms with E-state index in [-0.39, 0.29) is 11.8 Å².